The highest BCUT2D eigenvalue weighted by Gasteiger charge is 2.24. The number of benzene rings is 3. The van der Waals surface area contributed by atoms with Crippen LogP contribution in [0.1, 0.15) is 5.56 Å². The van der Waals surface area contributed by atoms with Crippen molar-refractivity contribution in [2.45, 2.75) is 16.7 Å². The lowest BCUT2D eigenvalue weighted by molar-refractivity contribution is 0.481. The number of hydrogen-bond acceptors (Lipinski definition) is 8. The van der Waals surface area contributed by atoms with Gasteiger partial charge in [0.05, 0.1) is 4.90 Å². The van der Waals surface area contributed by atoms with Crippen LogP contribution < -0.4 is 0 Å². The molecule has 0 aliphatic carbocycles. The molecule has 10 nitrogen and oxygen atoms in total. The summed E-state index contributed by atoms with van der Waals surface area (Å²) in [6.07, 6.45) is 0. The largest absolute Gasteiger partial charge is 0.436 e. The quantitative estimate of drug-likeness (QED) is 0.354. The zero-order valence-corrected chi connectivity index (χ0v) is 18.4. The Balaban J connectivity index is 1.59. The van der Waals surface area contributed by atoms with E-state index in [2.05, 4.69) is 9.97 Å². The fraction of sp³-hybridized carbons (Fsp3) is 0.0476. The molecule has 0 bridgehead atoms. The van der Waals surface area contributed by atoms with E-state index in [1.807, 2.05) is 25.1 Å². The molecule has 12 heteroatoms. The summed E-state index contributed by atoms with van der Waals surface area (Å²) in [5, 5.41) is 0. The van der Waals surface area contributed by atoms with E-state index in [0.29, 0.717) is 34.2 Å². The lowest BCUT2D eigenvalue weighted by Crippen LogP contribution is -2.04. The molecule has 0 fully saturated rings. The lowest BCUT2D eigenvalue weighted by atomic mass is 10.1. The van der Waals surface area contributed by atoms with E-state index in [1.54, 1.807) is 24.3 Å². The molecule has 0 aliphatic heterocycles. The van der Waals surface area contributed by atoms with Gasteiger partial charge in [0.15, 0.2) is 11.2 Å². The average Bonchev–Trinajstić information content (AvgIpc) is 3.35. The molecule has 2 heterocycles. The third kappa shape index (κ3) is 3.89. The number of aromatic nitrogens is 2. The van der Waals surface area contributed by atoms with Gasteiger partial charge in [-0.2, -0.15) is 16.8 Å². The van der Waals surface area contributed by atoms with Gasteiger partial charge in [-0.25, -0.2) is 9.97 Å². The van der Waals surface area contributed by atoms with Gasteiger partial charge in [-0.15, -0.1) is 0 Å². The van der Waals surface area contributed by atoms with Gasteiger partial charge in [0, 0.05) is 17.2 Å². The summed E-state index contributed by atoms with van der Waals surface area (Å²) in [6, 6.07) is 13.9. The zero-order chi connectivity index (χ0) is 23.5. The Hall–Kier alpha value is -3.58. The first-order valence-corrected chi connectivity index (χ1v) is 12.2. The molecule has 0 saturated heterocycles. The maximum atomic E-state index is 11.7. The average molecular weight is 486 g/mol. The fourth-order valence-electron chi connectivity index (χ4n) is 3.35. The van der Waals surface area contributed by atoms with Crippen LogP contribution in [0.25, 0.3) is 45.1 Å². The molecular weight excluding hydrogens is 472 g/mol. The minimum atomic E-state index is -4.86. The molecule has 3 aromatic carbocycles. The molecule has 0 saturated carbocycles. The second-order valence-electron chi connectivity index (χ2n) is 7.30. The highest BCUT2D eigenvalue weighted by molar-refractivity contribution is 7.86. The van der Waals surface area contributed by atoms with E-state index in [4.69, 9.17) is 8.83 Å². The van der Waals surface area contributed by atoms with Crippen LogP contribution in [0.3, 0.4) is 0 Å². The number of hydrogen-bond donors (Lipinski definition) is 2. The molecule has 33 heavy (non-hydrogen) atoms. The lowest BCUT2D eigenvalue weighted by Gasteiger charge is -2.01. The van der Waals surface area contributed by atoms with Gasteiger partial charge in [-0.3, -0.25) is 9.11 Å². The van der Waals surface area contributed by atoms with Crippen LogP contribution in [0.4, 0.5) is 0 Å². The molecule has 2 aromatic heterocycles. The van der Waals surface area contributed by atoms with Crippen LogP contribution in [0.15, 0.2) is 73.2 Å². The first kappa shape index (κ1) is 21.3. The number of aryl methyl sites for hydroxylation is 1. The number of rotatable bonds is 4. The standard InChI is InChI=1S/C21H14N2O8S2/c1-11-2-7-15-16(8-11)30-20(22-15)12-3-5-13(6-4-12)21-23-19-17(31-21)9-14(32(24,25)26)10-18(19)33(27,28)29/h2-10H,1H3,(H,24,25,26)(H,27,28,29). The SMILES string of the molecule is Cc1ccc2nc(-c3ccc(-c4nc5c(S(=O)(=O)O)cc(S(=O)(=O)O)cc5o4)cc3)oc2c1. The van der Waals surface area contributed by atoms with Crippen molar-refractivity contribution < 1.29 is 34.8 Å². The normalized spacial score (nSPS) is 12.6. The van der Waals surface area contributed by atoms with Crippen LogP contribution in [-0.4, -0.2) is 35.9 Å². The van der Waals surface area contributed by atoms with Crippen molar-refractivity contribution in [3.8, 4) is 22.9 Å². The van der Waals surface area contributed by atoms with Gasteiger partial charge in [-0.1, -0.05) is 6.07 Å². The summed E-state index contributed by atoms with van der Waals surface area (Å²) >= 11 is 0. The van der Waals surface area contributed by atoms with Crippen LogP contribution >= 0.6 is 0 Å². The maximum Gasteiger partial charge on any atom is 0.296 e. The zero-order valence-electron chi connectivity index (χ0n) is 16.8. The molecule has 0 unspecified atom stereocenters. The predicted molar refractivity (Wildman–Crippen MR) is 117 cm³/mol. The van der Waals surface area contributed by atoms with Crippen molar-refractivity contribution in [2.24, 2.45) is 0 Å². The molecule has 5 aromatic rings. The van der Waals surface area contributed by atoms with Gasteiger partial charge in [-0.05, 0) is 55.0 Å². The number of fused-ring (bicyclic) bond motifs is 2. The second-order valence-corrected chi connectivity index (χ2v) is 10.1. The Kier molecular flexibility index (Phi) is 4.65. The van der Waals surface area contributed by atoms with Crippen molar-refractivity contribution in [3.05, 3.63) is 60.2 Å². The molecule has 0 amide bonds. The summed E-state index contributed by atoms with van der Waals surface area (Å²) in [5.74, 6) is 0.383. The predicted octanol–water partition coefficient (Wildman–Crippen LogP) is 4.10. The molecule has 2 N–H and O–H groups in total. The summed E-state index contributed by atoms with van der Waals surface area (Å²) in [6.45, 7) is 1.95. The minimum Gasteiger partial charge on any atom is -0.436 e. The molecule has 0 radical (unpaired) electrons. The van der Waals surface area contributed by atoms with E-state index < -0.39 is 30.0 Å². The minimum absolute atomic E-state index is 0.0258. The highest BCUT2D eigenvalue weighted by atomic mass is 32.2. The third-order valence-corrected chi connectivity index (χ3v) is 6.63. The number of oxazole rings is 2. The Morgan fingerprint density at radius 3 is 1.94 bits per heavy atom. The molecule has 0 aliphatic rings. The van der Waals surface area contributed by atoms with E-state index >= 15 is 0 Å². The van der Waals surface area contributed by atoms with Crippen LogP contribution in [0, 0.1) is 6.92 Å². The second kappa shape index (κ2) is 7.22. The van der Waals surface area contributed by atoms with Crippen LogP contribution in [0.5, 0.6) is 0 Å². The first-order valence-electron chi connectivity index (χ1n) is 9.37. The monoisotopic (exact) mass is 486 g/mol. The van der Waals surface area contributed by atoms with E-state index in [9.17, 15) is 25.9 Å². The van der Waals surface area contributed by atoms with Gasteiger partial charge in [0.1, 0.15) is 15.9 Å². The summed E-state index contributed by atoms with van der Waals surface area (Å²) in [7, 11) is -9.62. The maximum absolute atomic E-state index is 11.7. The van der Waals surface area contributed by atoms with Crippen molar-refractivity contribution in [2.75, 3.05) is 0 Å². The molecule has 0 spiro atoms. The molecule has 5 rings (SSSR count). The number of nitrogens with zero attached hydrogens (tertiary/aromatic N) is 2. The van der Waals surface area contributed by atoms with Crippen LogP contribution in [-0.2, 0) is 20.2 Å². The Morgan fingerprint density at radius 1 is 0.727 bits per heavy atom. The van der Waals surface area contributed by atoms with Crippen molar-refractivity contribution in [1.29, 1.82) is 0 Å². The Morgan fingerprint density at radius 2 is 1.33 bits per heavy atom. The van der Waals surface area contributed by atoms with Gasteiger partial charge in [0.25, 0.3) is 20.2 Å². The first-order chi connectivity index (χ1) is 15.5. The van der Waals surface area contributed by atoms with Gasteiger partial charge < -0.3 is 8.83 Å². The molecular formula is C21H14N2O8S2. The summed E-state index contributed by atoms with van der Waals surface area (Å²) < 4.78 is 76.6. The smallest absolute Gasteiger partial charge is 0.296 e. The van der Waals surface area contributed by atoms with E-state index in [0.717, 1.165) is 11.6 Å². The van der Waals surface area contributed by atoms with E-state index in [1.165, 1.54) is 0 Å². The topological polar surface area (TPSA) is 161 Å². The summed E-state index contributed by atoms with van der Waals surface area (Å²) in [5.41, 5.74) is 3.00. The Bertz CT molecular complexity index is 1770. The highest BCUT2D eigenvalue weighted by Crippen LogP contribution is 2.32. The van der Waals surface area contributed by atoms with Gasteiger partial charge in [0.2, 0.25) is 11.8 Å². The molecule has 168 valence electrons. The summed E-state index contributed by atoms with van der Waals surface area (Å²) in [4.78, 5) is 6.99. The van der Waals surface area contributed by atoms with Gasteiger partial charge >= 0.3 is 0 Å². The molecule has 0 atom stereocenters. The fourth-order valence-corrected chi connectivity index (χ4v) is 4.62. The third-order valence-electron chi connectivity index (χ3n) is 4.93. The van der Waals surface area contributed by atoms with E-state index in [-0.39, 0.29) is 17.0 Å². The van der Waals surface area contributed by atoms with Crippen molar-refractivity contribution >= 4 is 42.4 Å². The van der Waals surface area contributed by atoms with Crippen LogP contribution in [0.2, 0.25) is 0 Å². The van der Waals surface area contributed by atoms with Crippen molar-refractivity contribution in [3.63, 3.8) is 0 Å². The Labute approximate surface area is 187 Å². The van der Waals surface area contributed by atoms with Crippen molar-refractivity contribution in [1.82, 2.24) is 9.97 Å².